The molecule has 2 aromatic heterocycles. The number of pyridine rings is 2. The van der Waals surface area contributed by atoms with Gasteiger partial charge in [0.1, 0.15) is 0 Å². The molecule has 0 radical (unpaired) electrons. The van der Waals surface area contributed by atoms with Crippen molar-refractivity contribution < 1.29 is 19.7 Å². The van der Waals surface area contributed by atoms with Crippen molar-refractivity contribution in [2.75, 3.05) is 13.2 Å². The molecule has 0 bridgehead atoms. The van der Waals surface area contributed by atoms with E-state index in [2.05, 4.69) is 9.97 Å². The van der Waals surface area contributed by atoms with Crippen LogP contribution in [0.3, 0.4) is 0 Å². The molecule has 4 rings (SSSR count). The lowest BCUT2D eigenvalue weighted by Gasteiger charge is -2.16. The first-order chi connectivity index (χ1) is 15.7. The first kappa shape index (κ1) is 21.2. The maximum Gasteiger partial charge on any atom is 0.165 e. The highest BCUT2D eigenvalue weighted by Crippen LogP contribution is 2.44. The molecule has 0 fully saturated rings. The van der Waals surface area contributed by atoms with Gasteiger partial charge in [-0.3, -0.25) is 9.97 Å². The Hall–Kier alpha value is -4.06. The van der Waals surface area contributed by atoms with Gasteiger partial charge in [0.15, 0.2) is 23.0 Å². The fourth-order valence-corrected chi connectivity index (χ4v) is 3.65. The third-order valence-corrected chi connectivity index (χ3v) is 5.02. The van der Waals surface area contributed by atoms with Gasteiger partial charge in [0.2, 0.25) is 0 Å². The van der Waals surface area contributed by atoms with Crippen molar-refractivity contribution >= 4 is 0 Å². The van der Waals surface area contributed by atoms with Gasteiger partial charge >= 0.3 is 0 Å². The van der Waals surface area contributed by atoms with Gasteiger partial charge in [-0.25, -0.2) is 0 Å². The lowest BCUT2D eigenvalue weighted by Crippen LogP contribution is -1.97. The van der Waals surface area contributed by atoms with Crippen molar-refractivity contribution in [3.63, 3.8) is 0 Å². The van der Waals surface area contributed by atoms with E-state index in [-0.39, 0.29) is 11.5 Å². The van der Waals surface area contributed by atoms with Crippen LogP contribution in [0.25, 0.3) is 33.6 Å². The maximum absolute atomic E-state index is 10.8. The van der Waals surface area contributed by atoms with Crippen molar-refractivity contribution in [3.8, 4) is 56.6 Å². The quantitative estimate of drug-likeness (QED) is 0.394. The highest BCUT2D eigenvalue weighted by Gasteiger charge is 2.20. The summed E-state index contributed by atoms with van der Waals surface area (Å²) in [6, 6.07) is 18.1. The summed E-state index contributed by atoms with van der Waals surface area (Å²) in [6.07, 6.45) is 3.36. The summed E-state index contributed by atoms with van der Waals surface area (Å²) in [5, 5.41) is 21.7. The number of rotatable bonds is 7. The zero-order valence-electron chi connectivity index (χ0n) is 17.9. The van der Waals surface area contributed by atoms with E-state index in [1.807, 2.05) is 50.2 Å². The van der Waals surface area contributed by atoms with Gasteiger partial charge in [-0.1, -0.05) is 36.4 Å². The van der Waals surface area contributed by atoms with E-state index in [0.29, 0.717) is 58.4 Å². The Balaban J connectivity index is 1.91. The number of para-hydroxylation sites is 2. The normalized spacial score (nSPS) is 10.7. The van der Waals surface area contributed by atoms with Crippen LogP contribution in [0.4, 0.5) is 0 Å². The van der Waals surface area contributed by atoms with Crippen LogP contribution in [0.15, 0.2) is 73.1 Å². The third kappa shape index (κ3) is 3.95. The van der Waals surface area contributed by atoms with Crippen LogP contribution in [0.2, 0.25) is 0 Å². The Kier molecular flexibility index (Phi) is 6.22. The molecule has 0 aliphatic rings. The highest BCUT2D eigenvalue weighted by atomic mass is 16.5. The predicted octanol–water partition coefficient (Wildman–Crippen LogP) is 5.69. The third-order valence-electron chi connectivity index (χ3n) is 5.02. The number of benzene rings is 2. The first-order valence-corrected chi connectivity index (χ1v) is 10.5. The van der Waals surface area contributed by atoms with Crippen LogP contribution >= 0.6 is 0 Å². The number of aromatic hydroxyl groups is 2. The summed E-state index contributed by atoms with van der Waals surface area (Å²) >= 11 is 0. The molecule has 162 valence electrons. The molecule has 32 heavy (non-hydrogen) atoms. The monoisotopic (exact) mass is 428 g/mol. The fourth-order valence-electron chi connectivity index (χ4n) is 3.65. The Bertz CT molecular complexity index is 1140. The Labute approximate surface area is 186 Å². The van der Waals surface area contributed by atoms with Gasteiger partial charge in [0.05, 0.1) is 24.6 Å². The standard InChI is InChI=1S/C26H24N2O4/c1-3-31-21-13-5-9-19(25(21)29)17-11-7-15-27-23(17)24-18(12-8-16-28-24)20-10-6-14-22(26(20)30)32-4-2/h5-16,29-30H,3-4H2,1-2H3. The molecule has 0 saturated carbocycles. The lowest BCUT2D eigenvalue weighted by atomic mass is 9.95. The van der Waals surface area contributed by atoms with E-state index in [0.717, 1.165) is 0 Å². The molecule has 0 amide bonds. The Morgan fingerprint density at radius 2 is 1.00 bits per heavy atom. The molecule has 0 unspecified atom stereocenters. The molecule has 0 aliphatic carbocycles. The Morgan fingerprint density at radius 1 is 0.594 bits per heavy atom. The second kappa shape index (κ2) is 9.39. The van der Waals surface area contributed by atoms with Gasteiger partial charge in [-0.05, 0) is 38.1 Å². The van der Waals surface area contributed by atoms with E-state index >= 15 is 0 Å². The largest absolute Gasteiger partial charge is 0.504 e. The summed E-state index contributed by atoms with van der Waals surface area (Å²) < 4.78 is 11.1. The number of phenolic OH excluding ortho intramolecular Hbond substituents is 2. The molecular weight excluding hydrogens is 404 g/mol. The van der Waals surface area contributed by atoms with Crippen LogP contribution in [0.5, 0.6) is 23.0 Å². The molecule has 0 saturated heterocycles. The summed E-state index contributed by atoms with van der Waals surface area (Å²) in [5.41, 5.74) is 3.73. The van der Waals surface area contributed by atoms with E-state index < -0.39 is 0 Å². The molecule has 0 aliphatic heterocycles. The topological polar surface area (TPSA) is 84.7 Å². The molecule has 6 heteroatoms. The number of hydrogen-bond acceptors (Lipinski definition) is 6. The van der Waals surface area contributed by atoms with E-state index in [9.17, 15) is 10.2 Å². The minimum Gasteiger partial charge on any atom is -0.504 e. The molecule has 6 nitrogen and oxygen atoms in total. The van der Waals surface area contributed by atoms with Gasteiger partial charge in [0.25, 0.3) is 0 Å². The highest BCUT2D eigenvalue weighted by molar-refractivity contribution is 5.91. The minimum absolute atomic E-state index is 0.0438. The van der Waals surface area contributed by atoms with Gasteiger partial charge < -0.3 is 19.7 Å². The lowest BCUT2D eigenvalue weighted by molar-refractivity contribution is 0.318. The molecule has 0 atom stereocenters. The maximum atomic E-state index is 10.8. The fraction of sp³-hybridized carbons (Fsp3) is 0.154. The smallest absolute Gasteiger partial charge is 0.165 e. The van der Waals surface area contributed by atoms with Gasteiger partial charge in [-0.15, -0.1) is 0 Å². The van der Waals surface area contributed by atoms with Crippen LogP contribution in [0, 0.1) is 0 Å². The Morgan fingerprint density at radius 3 is 1.41 bits per heavy atom. The number of phenols is 2. The summed E-state index contributed by atoms with van der Waals surface area (Å²) in [6.45, 7) is 4.61. The molecular formula is C26H24N2O4. The zero-order chi connectivity index (χ0) is 22.5. The molecule has 0 spiro atoms. The minimum atomic E-state index is 0.0438. The zero-order valence-corrected chi connectivity index (χ0v) is 17.9. The molecule has 4 aromatic rings. The second-order valence-corrected chi connectivity index (χ2v) is 6.97. The summed E-state index contributed by atoms with van der Waals surface area (Å²) in [4.78, 5) is 9.18. The van der Waals surface area contributed by atoms with Crippen molar-refractivity contribution in [3.05, 3.63) is 73.1 Å². The van der Waals surface area contributed by atoms with Crippen molar-refractivity contribution in [1.82, 2.24) is 9.97 Å². The molecule has 2 heterocycles. The van der Waals surface area contributed by atoms with Crippen LogP contribution in [-0.2, 0) is 0 Å². The number of nitrogens with zero attached hydrogens (tertiary/aromatic N) is 2. The van der Waals surface area contributed by atoms with Crippen molar-refractivity contribution in [2.24, 2.45) is 0 Å². The average Bonchev–Trinajstić information content (AvgIpc) is 2.82. The van der Waals surface area contributed by atoms with Gasteiger partial charge in [0, 0.05) is 34.6 Å². The predicted molar refractivity (Wildman–Crippen MR) is 124 cm³/mol. The average molecular weight is 428 g/mol. The number of hydrogen-bond donors (Lipinski definition) is 2. The van der Waals surface area contributed by atoms with Gasteiger partial charge in [-0.2, -0.15) is 0 Å². The molecule has 2 N–H and O–H groups in total. The van der Waals surface area contributed by atoms with Crippen LogP contribution < -0.4 is 9.47 Å². The van der Waals surface area contributed by atoms with Crippen LogP contribution in [0.1, 0.15) is 13.8 Å². The van der Waals surface area contributed by atoms with E-state index in [4.69, 9.17) is 9.47 Å². The van der Waals surface area contributed by atoms with Crippen LogP contribution in [-0.4, -0.2) is 33.4 Å². The first-order valence-electron chi connectivity index (χ1n) is 10.5. The molecule has 2 aromatic carbocycles. The number of aromatic nitrogens is 2. The summed E-state index contributed by atoms with van der Waals surface area (Å²) in [5.74, 6) is 0.899. The number of ether oxygens (including phenoxy) is 2. The van der Waals surface area contributed by atoms with E-state index in [1.54, 1.807) is 36.7 Å². The summed E-state index contributed by atoms with van der Waals surface area (Å²) in [7, 11) is 0. The second-order valence-electron chi connectivity index (χ2n) is 6.97. The SMILES string of the molecule is CCOc1cccc(-c2cccnc2-c2ncccc2-c2cccc(OCC)c2O)c1O. The van der Waals surface area contributed by atoms with Crippen molar-refractivity contribution in [1.29, 1.82) is 0 Å². The van der Waals surface area contributed by atoms with Crippen molar-refractivity contribution in [2.45, 2.75) is 13.8 Å². The van der Waals surface area contributed by atoms with E-state index in [1.165, 1.54) is 0 Å².